The average Bonchev–Trinajstić information content (AvgIpc) is 3.10. The number of primary sulfonamides is 1. The zero-order valence-electron chi connectivity index (χ0n) is 16.6. The summed E-state index contributed by atoms with van der Waals surface area (Å²) < 4.78 is 22.7. The molecule has 0 aliphatic heterocycles. The van der Waals surface area contributed by atoms with Gasteiger partial charge in [-0.1, -0.05) is 0 Å². The van der Waals surface area contributed by atoms with Gasteiger partial charge in [0.05, 0.1) is 16.1 Å². The summed E-state index contributed by atoms with van der Waals surface area (Å²) in [4.78, 5) is 19.2. The summed E-state index contributed by atoms with van der Waals surface area (Å²) in [6.45, 7) is 0.346. The predicted molar refractivity (Wildman–Crippen MR) is 119 cm³/mol. The van der Waals surface area contributed by atoms with E-state index in [0.717, 1.165) is 5.56 Å². The fourth-order valence-corrected chi connectivity index (χ4v) is 3.52. The van der Waals surface area contributed by atoms with Gasteiger partial charge >= 0.3 is 0 Å². The Morgan fingerprint density at radius 1 is 1.09 bits per heavy atom. The number of aromatic nitrogens is 2. The van der Waals surface area contributed by atoms with Crippen LogP contribution in [0.1, 0.15) is 17.3 Å². The number of pyridine rings is 1. The second-order valence-electron chi connectivity index (χ2n) is 6.86. The van der Waals surface area contributed by atoms with E-state index in [-0.39, 0.29) is 23.8 Å². The van der Waals surface area contributed by atoms with Gasteiger partial charge in [0, 0.05) is 31.3 Å². The highest BCUT2D eigenvalue weighted by Crippen LogP contribution is 2.36. The third-order valence-corrected chi connectivity index (χ3v) is 5.58. The van der Waals surface area contributed by atoms with Crippen LogP contribution in [0.15, 0.2) is 82.1 Å². The first-order chi connectivity index (χ1) is 15.3. The molecule has 0 aliphatic rings. The Balaban J connectivity index is 0.00000306. The SMILES string of the molecule is NS(=O)(=O)c1ccc(N=Nc2c(O)[nH]c3ccc(C(=O)NCc4ccncc4)cc23)cc1.[HH]. The maximum Gasteiger partial charge on any atom is 0.251 e. The highest BCUT2D eigenvalue weighted by molar-refractivity contribution is 7.89. The van der Waals surface area contributed by atoms with Crippen LogP contribution in [-0.2, 0) is 16.6 Å². The average molecular weight is 452 g/mol. The number of nitrogens with one attached hydrogen (secondary N) is 2. The van der Waals surface area contributed by atoms with Crippen molar-refractivity contribution in [1.82, 2.24) is 15.3 Å². The second-order valence-corrected chi connectivity index (χ2v) is 8.42. The smallest absolute Gasteiger partial charge is 0.251 e. The molecule has 2 aromatic heterocycles. The number of amides is 1. The molecule has 32 heavy (non-hydrogen) atoms. The van der Waals surface area contributed by atoms with Crippen LogP contribution in [0.5, 0.6) is 5.88 Å². The van der Waals surface area contributed by atoms with Gasteiger partial charge in [0.2, 0.25) is 15.9 Å². The van der Waals surface area contributed by atoms with Gasteiger partial charge in [-0.15, -0.1) is 5.11 Å². The molecule has 1 amide bonds. The van der Waals surface area contributed by atoms with Crippen molar-refractivity contribution < 1.29 is 19.7 Å². The Hall–Kier alpha value is -4.09. The van der Waals surface area contributed by atoms with Crippen molar-refractivity contribution in [3.8, 4) is 5.88 Å². The molecule has 11 heteroatoms. The van der Waals surface area contributed by atoms with Crippen molar-refractivity contribution >= 4 is 38.2 Å². The van der Waals surface area contributed by atoms with Gasteiger partial charge in [-0.25, -0.2) is 13.6 Å². The predicted octanol–water partition coefficient (Wildman–Crippen LogP) is 3.51. The number of nitrogens with two attached hydrogens (primary N) is 1. The van der Waals surface area contributed by atoms with Crippen molar-refractivity contribution in [2.45, 2.75) is 11.4 Å². The number of rotatable bonds is 6. The fraction of sp³-hybridized carbons (Fsp3) is 0.0476. The third kappa shape index (κ3) is 4.63. The van der Waals surface area contributed by atoms with Crippen LogP contribution in [0.4, 0.5) is 11.4 Å². The maximum atomic E-state index is 12.6. The monoisotopic (exact) mass is 452 g/mol. The molecule has 0 bridgehead atoms. The van der Waals surface area contributed by atoms with E-state index in [1.807, 2.05) is 12.1 Å². The van der Waals surface area contributed by atoms with E-state index in [2.05, 4.69) is 25.5 Å². The zero-order valence-corrected chi connectivity index (χ0v) is 17.4. The lowest BCUT2D eigenvalue weighted by Crippen LogP contribution is -2.22. The highest BCUT2D eigenvalue weighted by atomic mass is 32.2. The molecule has 2 heterocycles. The van der Waals surface area contributed by atoms with Crippen LogP contribution in [-0.4, -0.2) is 29.4 Å². The van der Waals surface area contributed by atoms with Crippen LogP contribution < -0.4 is 10.5 Å². The molecule has 4 aromatic rings. The summed E-state index contributed by atoms with van der Waals surface area (Å²) in [6.07, 6.45) is 3.30. The fourth-order valence-electron chi connectivity index (χ4n) is 3.00. The highest BCUT2D eigenvalue weighted by Gasteiger charge is 2.14. The molecule has 2 aromatic carbocycles. The number of aromatic hydroxyl groups is 1. The lowest BCUT2D eigenvalue weighted by molar-refractivity contribution is 0.0951. The Bertz CT molecular complexity index is 1420. The summed E-state index contributed by atoms with van der Waals surface area (Å²) in [6, 6.07) is 14.0. The van der Waals surface area contributed by atoms with Crippen LogP contribution in [0.2, 0.25) is 0 Å². The number of sulfonamides is 1. The van der Waals surface area contributed by atoms with E-state index in [4.69, 9.17) is 5.14 Å². The molecule has 5 N–H and O–H groups in total. The molecule has 0 saturated heterocycles. The van der Waals surface area contributed by atoms with Gasteiger partial charge in [0.1, 0.15) is 0 Å². The number of carbonyl (C=O) groups excluding carboxylic acids is 1. The van der Waals surface area contributed by atoms with Gasteiger partial charge in [-0.3, -0.25) is 9.78 Å². The lowest BCUT2D eigenvalue weighted by Gasteiger charge is -2.05. The van der Waals surface area contributed by atoms with Crippen molar-refractivity contribution in [1.29, 1.82) is 0 Å². The molecule has 0 atom stereocenters. The topological polar surface area (TPSA) is 163 Å². The summed E-state index contributed by atoms with van der Waals surface area (Å²) in [5, 5.41) is 26.8. The van der Waals surface area contributed by atoms with E-state index in [1.54, 1.807) is 30.6 Å². The Morgan fingerprint density at radius 3 is 2.50 bits per heavy atom. The first-order valence-corrected chi connectivity index (χ1v) is 10.9. The molecule has 10 nitrogen and oxygen atoms in total. The molecular weight excluding hydrogens is 432 g/mol. The molecule has 164 valence electrons. The van der Waals surface area contributed by atoms with Crippen LogP contribution in [0, 0.1) is 0 Å². The van der Waals surface area contributed by atoms with Crippen molar-refractivity contribution in [3.63, 3.8) is 0 Å². The minimum Gasteiger partial charge on any atom is -0.493 e. The molecular formula is C21H20N6O4S. The zero-order chi connectivity index (χ0) is 22.7. The summed E-state index contributed by atoms with van der Waals surface area (Å²) in [5.41, 5.74) is 2.39. The van der Waals surface area contributed by atoms with Crippen LogP contribution >= 0.6 is 0 Å². The number of benzene rings is 2. The van der Waals surface area contributed by atoms with Crippen molar-refractivity contribution in [2.75, 3.05) is 0 Å². The van der Waals surface area contributed by atoms with E-state index >= 15 is 0 Å². The Morgan fingerprint density at radius 2 is 1.81 bits per heavy atom. The van der Waals surface area contributed by atoms with Crippen LogP contribution in [0.3, 0.4) is 0 Å². The third-order valence-electron chi connectivity index (χ3n) is 4.65. The number of aromatic amines is 1. The number of azo groups is 1. The molecule has 0 aliphatic carbocycles. The van der Waals surface area contributed by atoms with E-state index in [0.29, 0.717) is 28.7 Å². The molecule has 0 saturated carbocycles. The number of hydrogen-bond acceptors (Lipinski definition) is 7. The number of carbonyl (C=O) groups is 1. The minimum atomic E-state index is -3.81. The first kappa shape index (κ1) is 21.2. The Kier molecular flexibility index (Phi) is 5.67. The minimum absolute atomic E-state index is 0. The van der Waals surface area contributed by atoms with Gasteiger partial charge < -0.3 is 15.4 Å². The Labute approximate surface area is 184 Å². The summed E-state index contributed by atoms with van der Waals surface area (Å²) in [5.74, 6) is -0.495. The van der Waals surface area contributed by atoms with Gasteiger partial charge in [-0.05, 0) is 60.2 Å². The number of H-pyrrole nitrogens is 1. The maximum absolute atomic E-state index is 12.6. The largest absolute Gasteiger partial charge is 0.493 e. The molecule has 0 radical (unpaired) electrons. The molecule has 4 rings (SSSR count). The van der Waals surface area contributed by atoms with E-state index in [9.17, 15) is 18.3 Å². The quantitative estimate of drug-likeness (QED) is 0.328. The molecule has 0 fully saturated rings. The van der Waals surface area contributed by atoms with Crippen molar-refractivity contribution in [2.24, 2.45) is 15.4 Å². The van der Waals surface area contributed by atoms with Gasteiger partial charge in [-0.2, -0.15) is 5.11 Å². The van der Waals surface area contributed by atoms with Gasteiger partial charge in [0.15, 0.2) is 5.69 Å². The number of hydrogen-bond donors (Lipinski definition) is 4. The van der Waals surface area contributed by atoms with Crippen LogP contribution in [0.25, 0.3) is 10.9 Å². The number of nitrogens with zero attached hydrogens (tertiary/aromatic N) is 3. The summed E-state index contributed by atoms with van der Waals surface area (Å²) >= 11 is 0. The second kappa shape index (κ2) is 8.57. The molecule has 0 unspecified atom stereocenters. The van der Waals surface area contributed by atoms with Gasteiger partial charge in [0.25, 0.3) is 5.91 Å². The molecule has 0 spiro atoms. The summed E-state index contributed by atoms with van der Waals surface area (Å²) in [7, 11) is -3.81. The normalized spacial score (nSPS) is 11.8. The lowest BCUT2D eigenvalue weighted by atomic mass is 10.1. The standard InChI is InChI=1S/C21H18N6O4S.H2/c22-32(30,31)16-4-2-15(3-5-16)26-27-19-17-11-14(1-6-18(17)25-21(19)29)20(28)24-12-13-7-9-23-10-8-13;/h1-11,25,29H,12H2,(H,24,28)(H2,22,30,31);1H. The van der Waals surface area contributed by atoms with E-state index in [1.165, 1.54) is 24.3 Å². The van der Waals surface area contributed by atoms with E-state index < -0.39 is 10.0 Å². The number of fused-ring (bicyclic) bond motifs is 1. The first-order valence-electron chi connectivity index (χ1n) is 9.38. The van der Waals surface area contributed by atoms with Crippen molar-refractivity contribution in [3.05, 3.63) is 78.1 Å².